The summed E-state index contributed by atoms with van der Waals surface area (Å²) in [7, 11) is 0. The second-order valence-corrected chi connectivity index (χ2v) is 12.3. The van der Waals surface area contributed by atoms with Crippen molar-refractivity contribution in [3.05, 3.63) is 23.8 Å². The van der Waals surface area contributed by atoms with E-state index in [1.54, 1.807) is 6.92 Å². The minimum Gasteiger partial charge on any atom is -0.459 e. The predicted octanol–water partition coefficient (Wildman–Crippen LogP) is 0.165. The van der Waals surface area contributed by atoms with E-state index in [0.29, 0.717) is 6.42 Å². The first-order valence-corrected chi connectivity index (χ1v) is 14.3. The van der Waals surface area contributed by atoms with Crippen LogP contribution in [0.4, 0.5) is 0 Å². The number of hydrogen-bond acceptors (Lipinski definition) is 14. The first kappa shape index (κ1) is 35.2. The molecule has 0 radical (unpaired) electrons. The van der Waals surface area contributed by atoms with E-state index in [9.17, 15) is 44.4 Å². The van der Waals surface area contributed by atoms with E-state index in [-0.39, 0.29) is 12.0 Å². The normalized spacial score (nSPS) is 42.9. The highest BCUT2D eigenvalue weighted by molar-refractivity contribution is 5.84. The van der Waals surface area contributed by atoms with Gasteiger partial charge in [0, 0.05) is 38.5 Å². The van der Waals surface area contributed by atoms with Crippen LogP contribution in [0.1, 0.15) is 68.2 Å². The molecule has 3 rings (SSSR count). The van der Waals surface area contributed by atoms with Gasteiger partial charge in [-0.05, 0) is 44.9 Å². The van der Waals surface area contributed by atoms with Gasteiger partial charge in [0.15, 0.2) is 23.4 Å². The monoisotopic (exact) mass is 626 g/mol. The number of fused-ring (bicyclic) bond motifs is 2. The zero-order valence-electron chi connectivity index (χ0n) is 26.1. The fraction of sp³-hybridized carbons (Fsp3) is 0.700. The molecule has 11 atom stereocenters. The SMILES string of the molecule is CCCC(=O)O[C@H]1/C(C)=C\[C@@H]2OC(=O)[C@@](C)(O)[C@@]2(O)[C@@H](OC(C)=O)[C@H]2[C@](C)(O)[C@H](OC(C)=O)C=C[C@]2(C)[C@@H](OC(C)=O)[C@@H]1O. The molecule has 0 saturated carbocycles. The van der Waals surface area contributed by atoms with Crippen LogP contribution < -0.4 is 0 Å². The third-order valence-electron chi connectivity index (χ3n) is 8.78. The van der Waals surface area contributed by atoms with Crippen molar-refractivity contribution in [3.8, 4) is 0 Å². The summed E-state index contributed by atoms with van der Waals surface area (Å²) in [5, 5.41) is 48.0. The van der Waals surface area contributed by atoms with E-state index in [1.165, 1.54) is 32.9 Å². The quantitative estimate of drug-likeness (QED) is 0.176. The zero-order valence-corrected chi connectivity index (χ0v) is 26.1. The molecule has 14 nitrogen and oxygen atoms in total. The summed E-state index contributed by atoms with van der Waals surface area (Å²) in [6.07, 6.45) is -6.33. The fourth-order valence-electron chi connectivity index (χ4n) is 6.67. The van der Waals surface area contributed by atoms with Crippen LogP contribution in [0.3, 0.4) is 0 Å². The highest BCUT2D eigenvalue weighted by Gasteiger charge is 2.75. The third kappa shape index (κ3) is 5.87. The van der Waals surface area contributed by atoms with Gasteiger partial charge in [0.25, 0.3) is 0 Å². The molecule has 1 aliphatic heterocycles. The number of esters is 5. The van der Waals surface area contributed by atoms with Gasteiger partial charge in [-0.3, -0.25) is 19.2 Å². The van der Waals surface area contributed by atoms with Crippen LogP contribution in [0.2, 0.25) is 0 Å². The number of carbonyl (C=O) groups is 5. The topological polar surface area (TPSA) is 212 Å². The third-order valence-corrected chi connectivity index (χ3v) is 8.78. The highest BCUT2D eigenvalue weighted by Crippen LogP contribution is 2.56. The maximum absolute atomic E-state index is 13.1. The smallest absolute Gasteiger partial charge is 0.341 e. The van der Waals surface area contributed by atoms with Gasteiger partial charge in [-0.1, -0.05) is 19.9 Å². The van der Waals surface area contributed by atoms with Crippen molar-refractivity contribution in [1.29, 1.82) is 0 Å². The summed E-state index contributed by atoms with van der Waals surface area (Å²) in [4.78, 5) is 63.0. The average Bonchev–Trinajstić information content (AvgIpc) is 3.05. The van der Waals surface area contributed by atoms with Crippen LogP contribution >= 0.6 is 0 Å². The maximum atomic E-state index is 13.1. The summed E-state index contributed by atoms with van der Waals surface area (Å²) in [6.45, 7) is 9.77. The number of rotatable bonds is 6. The van der Waals surface area contributed by atoms with Gasteiger partial charge in [0.2, 0.25) is 0 Å². The van der Waals surface area contributed by atoms with Crippen molar-refractivity contribution in [1.82, 2.24) is 0 Å². The minimum atomic E-state index is -2.86. The number of carbonyl (C=O) groups excluding carboxylic acids is 5. The van der Waals surface area contributed by atoms with Crippen molar-refractivity contribution < 1.29 is 68.1 Å². The molecule has 0 aromatic rings. The Hall–Kier alpha value is -3.33. The molecule has 0 aromatic carbocycles. The van der Waals surface area contributed by atoms with Crippen molar-refractivity contribution in [2.45, 2.75) is 122 Å². The van der Waals surface area contributed by atoms with Gasteiger partial charge < -0.3 is 44.1 Å². The Kier molecular flexibility index (Phi) is 9.76. The van der Waals surface area contributed by atoms with Crippen LogP contribution in [0.5, 0.6) is 0 Å². The second kappa shape index (κ2) is 12.2. The van der Waals surface area contributed by atoms with E-state index >= 15 is 0 Å². The van der Waals surface area contributed by atoms with Crippen LogP contribution in [0, 0.1) is 11.3 Å². The molecular weight excluding hydrogens is 584 g/mol. The molecule has 0 amide bonds. The lowest BCUT2D eigenvalue weighted by molar-refractivity contribution is -0.265. The van der Waals surface area contributed by atoms with Crippen molar-refractivity contribution in [2.75, 3.05) is 0 Å². The van der Waals surface area contributed by atoms with Gasteiger partial charge >= 0.3 is 29.8 Å². The van der Waals surface area contributed by atoms with E-state index in [0.717, 1.165) is 33.8 Å². The van der Waals surface area contributed by atoms with Crippen LogP contribution in [-0.4, -0.2) is 104 Å². The fourth-order valence-corrected chi connectivity index (χ4v) is 6.67. The molecule has 246 valence electrons. The molecule has 0 spiro atoms. The standard InChI is InChI=1S/C30H42O14/c1-9-10-20(34)44-22-14(2)13-19-30(39,29(8,38)26(36)43-19)25(42-17(5)33)23-27(6,24(21(22)35)41-16(4)32)12-11-18(28(23,7)37)40-15(3)31/h11-13,18-19,21-25,35,37-39H,9-10H2,1-8H3/b14-13-/t18-,19+,21-,22+,23-,24+,25+,27+,28-,29-,30+/m1/s1. The van der Waals surface area contributed by atoms with Gasteiger partial charge in [-0.15, -0.1) is 0 Å². The van der Waals surface area contributed by atoms with E-state index < -0.39 is 94.6 Å². The second-order valence-electron chi connectivity index (χ2n) is 12.3. The molecule has 3 aliphatic rings. The first-order chi connectivity index (χ1) is 20.2. The lowest BCUT2D eigenvalue weighted by Crippen LogP contribution is -2.74. The van der Waals surface area contributed by atoms with Crippen molar-refractivity contribution in [3.63, 3.8) is 0 Å². The van der Waals surface area contributed by atoms with Crippen molar-refractivity contribution in [2.24, 2.45) is 11.3 Å². The van der Waals surface area contributed by atoms with Crippen molar-refractivity contribution >= 4 is 29.8 Å². The number of hydrogen-bond donors (Lipinski definition) is 4. The van der Waals surface area contributed by atoms with Gasteiger partial charge in [0.1, 0.15) is 30.0 Å². The molecule has 0 unspecified atom stereocenters. The minimum absolute atomic E-state index is 0.0287. The summed E-state index contributed by atoms with van der Waals surface area (Å²) in [6, 6.07) is 0. The number of aliphatic hydroxyl groups is 4. The van der Waals surface area contributed by atoms with Crippen LogP contribution in [0.25, 0.3) is 0 Å². The molecule has 0 aromatic heterocycles. The molecular formula is C30H42O14. The van der Waals surface area contributed by atoms with Gasteiger partial charge in [-0.25, -0.2) is 4.79 Å². The first-order valence-electron chi connectivity index (χ1n) is 14.3. The van der Waals surface area contributed by atoms with E-state index in [1.807, 2.05) is 0 Å². The Balaban J connectivity index is 2.51. The van der Waals surface area contributed by atoms with Gasteiger partial charge in [-0.2, -0.15) is 0 Å². The zero-order chi connectivity index (χ0) is 33.6. The molecule has 2 aliphatic carbocycles. The Morgan fingerprint density at radius 3 is 1.98 bits per heavy atom. The summed E-state index contributed by atoms with van der Waals surface area (Å²) >= 11 is 0. The molecule has 44 heavy (non-hydrogen) atoms. The van der Waals surface area contributed by atoms with E-state index in [4.69, 9.17) is 23.7 Å². The largest absolute Gasteiger partial charge is 0.459 e. The summed E-state index contributed by atoms with van der Waals surface area (Å²) in [5.74, 6) is -6.48. The molecule has 1 saturated heterocycles. The highest BCUT2D eigenvalue weighted by atomic mass is 16.6. The lowest BCUT2D eigenvalue weighted by atomic mass is 9.53. The molecule has 1 fully saturated rings. The average molecular weight is 627 g/mol. The van der Waals surface area contributed by atoms with E-state index in [2.05, 4.69) is 0 Å². The molecule has 1 heterocycles. The molecule has 4 N–H and O–H groups in total. The maximum Gasteiger partial charge on any atom is 0.341 e. The summed E-state index contributed by atoms with van der Waals surface area (Å²) in [5.41, 5.74) is -9.80. The Labute approximate surface area is 254 Å². The number of ether oxygens (including phenoxy) is 5. The Bertz CT molecular complexity index is 1250. The van der Waals surface area contributed by atoms with Crippen LogP contribution in [-0.2, 0) is 47.7 Å². The Morgan fingerprint density at radius 1 is 0.909 bits per heavy atom. The molecule has 14 heteroatoms. The van der Waals surface area contributed by atoms with Crippen LogP contribution in [0.15, 0.2) is 23.8 Å². The summed E-state index contributed by atoms with van der Waals surface area (Å²) < 4.78 is 27.7. The number of aliphatic hydroxyl groups excluding tert-OH is 1. The predicted molar refractivity (Wildman–Crippen MR) is 148 cm³/mol. The lowest BCUT2D eigenvalue weighted by Gasteiger charge is -2.57. The van der Waals surface area contributed by atoms with Gasteiger partial charge in [0.05, 0.1) is 0 Å². The molecule has 0 bridgehead atoms. The Morgan fingerprint density at radius 2 is 1.45 bits per heavy atom.